The van der Waals surface area contributed by atoms with Crippen LogP contribution in [0.5, 0.6) is 0 Å². The summed E-state index contributed by atoms with van der Waals surface area (Å²) in [5, 5.41) is 0. The number of esters is 2. The van der Waals surface area contributed by atoms with Crippen molar-refractivity contribution in [3.05, 3.63) is 0 Å². The van der Waals surface area contributed by atoms with Crippen molar-refractivity contribution in [2.24, 2.45) is 23.2 Å². The molecule has 0 aromatic carbocycles. The summed E-state index contributed by atoms with van der Waals surface area (Å²) in [7, 11) is 0. The van der Waals surface area contributed by atoms with Crippen LogP contribution in [0.25, 0.3) is 0 Å². The number of carbonyl (C=O) groups is 2. The fourth-order valence-electron chi connectivity index (χ4n) is 3.22. The number of rotatable bonds is 12. The van der Waals surface area contributed by atoms with Gasteiger partial charge in [-0.15, -0.1) is 0 Å². The van der Waals surface area contributed by atoms with E-state index in [1.54, 1.807) is 13.8 Å². The summed E-state index contributed by atoms with van der Waals surface area (Å²) in [6, 6.07) is 0. The molecule has 0 aromatic rings. The Labute approximate surface area is 182 Å². The standard InChI is InChI=1S/C22H37F5O4/c1-9-16(18(29)30-13-21(23,24)22(25,26)27)20(8,11-3)31-17(28)15(14(4)5)12-19(6,7)10-2/h14-16H,9-13H2,1-8H3. The average Bonchev–Trinajstić information content (AvgIpc) is 2.63. The molecule has 0 aliphatic carbocycles. The molecule has 3 atom stereocenters. The molecule has 0 spiro atoms. The first-order chi connectivity index (χ1) is 13.9. The van der Waals surface area contributed by atoms with Crippen LogP contribution in [0.15, 0.2) is 0 Å². The van der Waals surface area contributed by atoms with Gasteiger partial charge >= 0.3 is 24.0 Å². The van der Waals surface area contributed by atoms with Gasteiger partial charge in [-0.1, -0.05) is 54.9 Å². The van der Waals surface area contributed by atoms with Crippen LogP contribution in [0.2, 0.25) is 0 Å². The van der Waals surface area contributed by atoms with Crippen LogP contribution in [0.4, 0.5) is 22.0 Å². The van der Waals surface area contributed by atoms with Gasteiger partial charge in [-0.2, -0.15) is 22.0 Å². The maximum Gasteiger partial charge on any atom is 0.456 e. The monoisotopic (exact) mass is 460 g/mol. The van der Waals surface area contributed by atoms with E-state index in [0.717, 1.165) is 6.42 Å². The van der Waals surface area contributed by atoms with Crippen molar-refractivity contribution in [3.8, 4) is 0 Å². The van der Waals surface area contributed by atoms with Gasteiger partial charge in [0, 0.05) is 0 Å². The molecular formula is C22H37F5O4. The van der Waals surface area contributed by atoms with Crippen molar-refractivity contribution in [1.82, 2.24) is 0 Å². The van der Waals surface area contributed by atoms with Gasteiger partial charge in [-0.25, -0.2) is 0 Å². The predicted molar refractivity (Wildman–Crippen MR) is 108 cm³/mol. The second kappa shape index (κ2) is 10.9. The lowest BCUT2D eigenvalue weighted by atomic mass is 9.76. The Bertz CT molecular complexity index is 601. The third-order valence-corrected chi connectivity index (χ3v) is 6.11. The van der Waals surface area contributed by atoms with Crippen molar-refractivity contribution in [2.75, 3.05) is 6.61 Å². The lowest BCUT2D eigenvalue weighted by Gasteiger charge is -2.37. The van der Waals surface area contributed by atoms with Gasteiger partial charge in [-0.3, -0.25) is 9.59 Å². The SMILES string of the molecule is CCC(C(=O)OCC(F)(F)C(F)(F)F)C(C)(CC)OC(=O)C(CC(C)(C)CC)C(C)C. The Morgan fingerprint density at radius 1 is 0.871 bits per heavy atom. The van der Waals surface area contributed by atoms with Gasteiger partial charge in [0.1, 0.15) is 5.60 Å². The summed E-state index contributed by atoms with van der Waals surface area (Å²) in [6.07, 6.45) is -4.23. The molecule has 0 saturated heterocycles. The molecule has 0 bridgehead atoms. The molecule has 9 heteroatoms. The summed E-state index contributed by atoms with van der Waals surface area (Å²) < 4.78 is 73.4. The number of hydrogen-bond donors (Lipinski definition) is 0. The van der Waals surface area contributed by atoms with Gasteiger partial charge in [-0.05, 0) is 37.5 Å². The van der Waals surface area contributed by atoms with E-state index in [2.05, 4.69) is 4.74 Å². The topological polar surface area (TPSA) is 52.6 Å². The highest BCUT2D eigenvalue weighted by atomic mass is 19.4. The van der Waals surface area contributed by atoms with E-state index in [1.165, 1.54) is 6.92 Å². The van der Waals surface area contributed by atoms with Crippen LogP contribution in [0.1, 0.15) is 81.1 Å². The van der Waals surface area contributed by atoms with Gasteiger partial charge in [0.25, 0.3) is 0 Å². The minimum Gasteiger partial charge on any atom is -0.459 e. The van der Waals surface area contributed by atoms with E-state index < -0.39 is 48.1 Å². The number of ether oxygens (including phenoxy) is 2. The third kappa shape index (κ3) is 8.22. The summed E-state index contributed by atoms with van der Waals surface area (Å²) in [5.41, 5.74) is -1.53. The molecule has 4 nitrogen and oxygen atoms in total. The molecule has 0 aliphatic rings. The van der Waals surface area contributed by atoms with Crippen molar-refractivity contribution in [1.29, 1.82) is 0 Å². The Hall–Kier alpha value is -1.41. The molecule has 0 heterocycles. The molecule has 31 heavy (non-hydrogen) atoms. The first-order valence-electron chi connectivity index (χ1n) is 10.7. The fraction of sp³-hybridized carbons (Fsp3) is 0.909. The quantitative estimate of drug-likeness (QED) is 0.244. The van der Waals surface area contributed by atoms with E-state index in [-0.39, 0.29) is 24.2 Å². The summed E-state index contributed by atoms with van der Waals surface area (Å²) in [5.74, 6) is -8.61. The maximum absolute atomic E-state index is 13.1. The second-order valence-electron chi connectivity index (χ2n) is 9.43. The van der Waals surface area contributed by atoms with Crippen molar-refractivity contribution < 1.29 is 41.0 Å². The van der Waals surface area contributed by atoms with Crippen LogP contribution in [-0.2, 0) is 19.1 Å². The minimum atomic E-state index is -5.83. The van der Waals surface area contributed by atoms with Gasteiger partial charge < -0.3 is 9.47 Å². The van der Waals surface area contributed by atoms with Crippen LogP contribution in [-0.4, -0.2) is 36.2 Å². The van der Waals surface area contributed by atoms with Gasteiger partial charge in [0.15, 0.2) is 6.61 Å². The molecule has 0 amide bonds. The first-order valence-corrected chi connectivity index (χ1v) is 10.7. The number of alkyl halides is 5. The zero-order valence-electron chi connectivity index (χ0n) is 19.8. The zero-order chi connectivity index (χ0) is 24.8. The molecule has 0 saturated carbocycles. The first kappa shape index (κ1) is 29.6. The highest BCUT2D eigenvalue weighted by Crippen LogP contribution is 2.38. The number of halogens is 5. The average molecular weight is 461 g/mol. The molecular weight excluding hydrogens is 423 g/mol. The Balaban J connectivity index is 5.55. The van der Waals surface area contributed by atoms with E-state index in [4.69, 9.17) is 4.74 Å². The second-order valence-corrected chi connectivity index (χ2v) is 9.43. The molecule has 0 radical (unpaired) electrons. The van der Waals surface area contributed by atoms with E-state index in [9.17, 15) is 31.5 Å². The van der Waals surface area contributed by atoms with E-state index in [0.29, 0.717) is 6.42 Å². The van der Waals surface area contributed by atoms with Crippen molar-refractivity contribution >= 4 is 11.9 Å². The predicted octanol–water partition coefficient (Wildman–Crippen LogP) is 6.56. The molecule has 0 aromatic heterocycles. The molecule has 0 aliphatic heterocycles. The fourth-order valence-corrected chi connectivity index (χ4v) is 3.22. The number of hydrogen-bond acceptors (Lipinski definition) is 4. The normalized spacial score (nSPS) is 17.1. The van der Waals surface area contributed by atoms with Crippen LogP contribution < -0.4 is 0 Å². The number of carbonyl (C=O) groups excluding carboxylic acids is 2. The molecule has 3 unspecified atom stereocenters. The largest absolute Gasteiger partial charge is 0.459 e. The lowest BCUT2D eigenvalue weighted by Crippen LogP contribution is -2.47. The smallest absolute Gasteiger partial charge is 0.456 e. The molecule has 0 rings (SSSR count). The minimum absolute atomic E-state index is 0.0425. The maximum atomic E-state index is 13.1. The third-order valence-electron chi connectivity index (χ3n) is 6.11. The van der Waals surface area contributed by atoms with Crippen molar-refractivity contribution in [3.63, 3.8) is 0 Å². The van der Waals surface area contributed by atoms with E-state index in [1.807, 2.05) is 34.6 Å². The van der Waals surface area contributed by atoms with Crippen LogP contribution in [0, 0.1) is 23.2 Å². The summed E-state index contributed by atoms with van der Waals surface area (Å²) in [6.45, 7) is 12.4. The Morgan fingerprint density at radius 2 is 1.39 bits per heavy atom. The highest BCUT2D eigenvalue weighted by molar-refractivity contribution is 5.77. The van der Waals surface area contributed by atoms with E-state index >= 15 is 0 Å². The zero-order valence-corrected chi connectivity index (χ0v) is 19.8. The summed E-state index contributed by atoms with van der Waals surface area (Å²) in [4.78, 5) is 25.4. The van der Waals surface area contributed by atoms with Gasteiger partial charge in [0.05, 0.1) is 11.8 Å². The molecule has 0 fully saturated rings. The lowest BCUT2D eigenvalue weighted by molar-refractivity contribution is -0.294. The van der Waals surface area contributed by atoms with Crippen LogP contribution >= 0.6 is 0 Å². The Kier molecular flexibility index (Phi) is 10.4. The highest BCUT2D eigenvalue weighted by Gasteiger charge is 2.59. The summed E-state index contributed by atoms with van der Waals surface area (Å²) >= 11 is 0. The van der Waals surface area contributed by atoms with Crippen molar-refractivity contribution in [2.45, 2.75) is 98.8 Å². The van der Waals surface area contributed by atoms with Gasteiger partial charge in [0.2, 0.25) is 0 Å². The van der Waals surface area contributed by atoms with Crippen LogP contribution in [0.3, 0.4) is 0 Å². The Morgan fingerprint density at radius 3 is 1.74 bits per heavy atom. The molecule has 0 N–H and O–H groups in total. The molecule has 184 valence electrons.